The first-order chi connectivity index (χ1) is 10.7. The van der Waals surface area contributed by atoms with Gasteiger partial charge < -0.3 is 14.5 Å². The van der Waals surface area contributed by atoms with Crippen molar-refractivity contribution in [2.24, 2.45) is 11.8 Å². The molecule has 0 unspecified atom stereocenters. The zero-order chi connectivity index (χ0) is 15.8. The van der Waals surface area contributed by atoms with Gasteiger partial charge in [-0.1, -0.05) is 19.3 Å². The largest absolute Gasteiger partial charge is 0.481 e. The Labute approximate surface area is 130 Å². The van der Waals surface area contributed by atoms with Crippen LogP contribution < -0.4 is 5.90 Å². The SMILES string of the molecule is NOC(CCCC(=O)O)=C(Cn1ccnc1)C1CCCCC1. The summed E-state index contributed by atoms with van der Waals surface area (Å²) < 4.78 is 2.01. The molecule has 0 saturated heterocycles. The van der Waals surface area contributed by atoms with E-state index >= 15 is 0 Å². The van der Waals surface area contributed by atoms with Crippen LogP contribution in [-0.2, 0) is 16.2 Å². The maximum atomic E-state index is 10.7. The molecule has 1 aliphatic carbocycles. The van der Waals surface area contributed by atoms with Crippen molar-refractivity contribution >= 4 is 5.97 Å². The van der Waals surface area contributed by atoms with Crippen molar-refractivity contribution in [2.75, 3.05) is 0 Å². The van der Waals surface area contributed by atoms with Crippen molar-refractivity contribution < 1.29 is 14.7 Å². The number of nitrogens with zero attached hydrogens (tertiary/aromatic N) is 2. The highest BCUT2D eigenvalue weighted by Crippen LogP contribution is 2.33. The summed E-state index contributed by atoms with van der Waals surface area (Å²) in [5, 5.41) is 8.79. The number of nitrogens with two attached hydrogens (primary N) is 1. The van der Waals surface area contributed by atoms with Gasteiger partial charge in [0.2, 0.25) is 0 Å². The summed E-state index contributed by atoms with van der Waals surface area (Å²) in [7, 11) is 0. The molecule has 3 N–H and O–H groups in total. The van der Waals surface area contributed by atoms with Crippen LogP contribution in [0.15, 0.2) is 30.1 Å². The number of aromatic nitrogens is 2. The van der Waals surface area contributed by atoms with Gasteiger partial charge >= 0.3 is 5.97 Å². The number of carboxylic acids is 1. The van der Waals surface area contributed by atoms with E-state index in [-0.39, 0.29) is 6.42 Å². The molecule has 122 valence electrons. The van der Waals surface area contributed by atoms with E-state index in [1.807, 2.05) is 10.8 Å². The van der Waals surface area contributed by atoms with E-state index in [2.05, 4.69) is 4.98 Å². The summed E-state index contributed by atoms with van der Waals surface area (Å²) in [5.74, 6) is 5.93. The van der Waals surface area contributed by atoms with E-state index in [0.29, 0.717) is 25.3 Å². The standard InChI is InChI=1S/C16H25N3O3/c17-22-15(7-4-8-16(20)21)14(11-19-10-9-18-12-19)13-5-2-1-3-6-13/h9-10,12-13H,1-8,11,17H2,(H,20,21). The second-order valence-corrected chi connectivity index (χ2v) is 5.88. The smallest absolute Gasteiger partial charge is 0.303 e. The first kappa shape index (κ1) is 16.5. The van der Waals surface area contributed by atoms with Gasteiger partial charge in [-0.2, -0.15) is 5.90 Å². The van der Waals surface area contributed by atoms with E-state index in [1.165, 1.54) is 24.8 Å². The molecule has 0 bridgehead atoms. The van der Waals surface area contributed by atoms with Gasteiger partial charge in [0.05, 0.1) is 6.33 Å². The minimum absolute atomic E-state index is 0.135. The fourth-order valence-corrected chi connectivity index (χ4v) is 3.17. The van der Waals surface area contributed by atoms with E-state index in [4.69, 9.17) is 15.8 Å². The highest BCUT2D eigenvalue weighted by atomic mass is 16.6. The summed E-state index contributed by atoms with van der Waals surface area (Å²) in [4.78, 5) is 19.9. The molecule has 1 aromatic rings. The molecule has 6 heteroatoms. The second-order valence-electron chi connectivity index (χ2n) is 5.88. The van der Waals surface area contributed by atoms with Crippen molar-refractivity contribution in [3.8, 4) is 0 Å². The monoisotopic (exact) mass is 307 g/mol. The van der Waals surface area contributed by atoms with Crippen molar-refractivity contribution in [3.63, 3.8) is 0 Å². The summed E-state index contributed by atoms with van der Waals surface area (Å²) in [6, 6.07) is 0. The Hall–Kier alpha value is -1.82. The average Bonchev–Trinajstić information content (AvgIpc) is 3.03. The topological polar surface area (TPSA) is 90.4 Å². The molecule has 1 saturated carbocycles. The van der Waals surface area contributed by atoms with Crippen LogP contribution >= 0.6 is 0 Å². The zero-order valence-electron chi connectivity index (χ0n) is 12.9. The zero-order valence-corrected chi connectivity index (χ0v) is 12.9. The number of allylic oxidation sites excluding steroid dienone is 2. The van der Waals surface area contributed by atoms with Crippen LogP contribution in [0, 0.1) is 5.92 Å². The van der Waals surface area contributed by atoms with Gasteiger partial charge in [0, 0.05) is 31.8 Å². The van der Waals surface area contributed by atoms with E-state index in [1.54, 1.807) is 12.5 Å². The number of imidazole rings is 1. The molecule has 1 heterocycles. The number of carbonyl (C=O) groups is 1. The molecule has 6 nitrogen and oxygen atoms in total. The molecule has 0 atom stereocenters. The fraction of sp³-hybridized carbons (Fsp3) is 0.625. The van der Waals surface area contributed by atoms with Crippen LogP contribution in [0.25, 0.3) is 0 Å². The van der Waals surface area contributed by atoms with Crippen LogP contribution in [0.3, 0.4) is 0 Å². The third-order valence-corrected chi connectivity index (χ3v) is 4.30. The predicted octanol–water partition coefficient (Wildman–Crippen LogP) is 2.86. The minimum atomic E-state index is -0.787. The quantitative estimate of drug-likeness (QED) is 0.569. The number of rotatable bonds is 8. The second kappa shape index (κ2) is 8.58. The van der Waals surface area contributed by atoms with Crippen molar-refractivity contribution in [3.05, 3.63) is 30.1 Å². The maximum absolute atomic E-state index is 10.7. The molecule has 0 amide bonds. The summed E-state index contributed by atoms with van der Waals surface area (Å²) in [5.41, 5.74) is 1.20. The highest BCUT2D eigenvalue weighted by Gasteiger charge is 2.22. The van der Waals surface area contributed by atoms with Gasteiger partial charge in [-0.15, -0.1) is 0 Å². The average molecular weight is 307 g/mol. The lowest BCUT2D eigenvalue weighted by Crippen LogP contribution is -2.18. The Morgan fingerprint density at radius 3 is 2.68 bits per heavy atom. The van der Waals surface area contributed by atoms with Crippen LogP contribution in [0.2, 0.25) is 0 Å². The fourth-order valence-electron chi connectivity index (χ4n) is 3.17. The van der Waals surface area contributed by atoms with Crippen molar-refractivity contribution in [1.82, 2.24) is 9.55 Å². The maximum Gasteiger partial charge on any atom is 0.303 e. The van der Waals surface area contributed by atoms with Crippen LogP contribution in [0.5, 0.6) is 0 Å². The van der Waals surface area contributed by atoms with Crippen molar-refractivity contribution in [2.45, 2.75) is 57.9 Å². The minimum Gasteiger partial charge on any atom is -0.481 e. The molecule has 1 aliphatic rings. The molecule has 22 heavy (non-hydrogen) atoms. The first-order valence-electron chi connectivity index (χ1n) is 7.97. The Morgan fingerprint density at radius 2 is 2.09 bits per heavy atom. The van der Waals surface area contributed by atoms with Crippen LogP contribution in [-0.4, -0.2) is 20.6 Å². The number of hydrogen-bond acceptors (Lipinski definition) is 4. The number of aliphatic carboxylic acids is 1. The van der Waals surface area contributed by atoms with E-state index < -0.39 is 5.97 Å². The molecule has 1 fully saturated rings. The summed E-state index contributed by atoms with van der Waals surface area (Å²) in [6.45, 7) is 0.713. The first-order valence-corrected chi connectivity index (χ1v) is 7.97. The van der Waals surface area contributed by atoms with Crippen LogP contribution in [0.1, 0.15) is 51.4 Å². The number of carboxylic acid groups (broad SMARTS) is 1. The Balaban J connectivity index is 2.14. The predicted molar refractivity (Wildman–Crippen MR) is 82.6 cm³/mol. The van der Waals surface area contributed by atoms with E-state index in [0.717, 1.165) is 18.6 Å². The Kier molecular flexibility index (Phi) is 6.45. The molecular formula is C16H25N3O3. The Bertz CT molecular complexity index is 491. The summed E-state index contributed by atoms with van der Waals surface area (Å²) >= 11 is 0. The molecule has 0 aliphatic heterocycles. The van der Waals surface area contributed by atoms with Gasteiger partial charge in [0.25, 0.3) is 0 Å². The third kappa shape index (κ3) is 4.87. The lowest BCUT2D eigenvalue weighted by Gasteiger charge is -2.26. The molecule has 0 spiro atoms. The van der Waals surface area contributed by atoms with Gasteiger partial charge in [-0.05, 0) is 30.8 Å². The third-order valence-electron chi connectivity index (χ3n) is 4.30. The summed E-state index contributed by atoms with van der Waals surface area (Å²) in [6.07, 6.45) is 12.8. The van der Waals surface area contributed by atoms with Gasteiger partial charge in [0.1, 0.15) is 5.76 Å². The molecule has 2 rings (SSSR count). The normalized spacial score (nSPS) is 17.1. The lowest BCUT2D eigenvalue weighted by molar-refractivity contribution is -0.137. The van der Waals surface area contributed by atoms with Gasteiger partial charge in [-0.3, -0.25) is 4.79 Å². The van der Waals surface area contributed by atoms with Crippen LogP contribution in [0.4, 0.5) is 0 Å². The molecular weight excluding hydrogens is 282 g/mol. The lowest BCUT2D eigenvalue weighted by atomic mass is 9.82. The Morgan fingerprint density at radius 1 is 1.32 bits per heavy atom. The van der Waals surface area contributed by atoms with Crippen molar-refractivity contribution in [1.29, 1.82) is 0 Å². The number of hydrogen-bond donors (Lipinski definition) is 2. The molecule has 0 radical (unpaired) electrons. The van der Waals surface area contributed by atoms with Gasteiger partial charge in [0.15, 0.2) is 0 Å². The molecule has 1 aromatic heterocycles. The highest BCUT2D eigenvalue weighted by molar-refractivity contribution is 5.66. The van der Waals surface area contributed by atoms with Gasteiger partial charge in [-0.25, -0.2) is 4.98 Å². The molecule has 0 aromatic carbocycles. The van der Waals surface area contributed by atoms with E-state index in [9.17, 15) is 4.79 Å².